The second kappa shape index (κ2) is 6.12. The Balaban J connectivity index is 2.36. The molecule has 0 aliphatic heterocycles. The third-order valence-corrected chi connectivity index (χ3v) is 3.27. The normalized spacial score (nSPS) is 10.4. The Kier molecular flexibility index (Phi) is 4.51. The summed E-state index contributed by atoms with van der Waals surface area (Å²) in [5.41, 5.74) is 2.10. The van der Waals surface area contributed by atoms with E-state index in [0.717, 1.165) is 29.0 Å². The summed E-state index contributed by atoms with van der Waals surface area (Å²) in [7, 11) is 0. The van der Waals surface area contributed by atoms with Gasteiger partial charge in [-0.2, -0.15) is 0 Å². The van der Waals surface area contributed by atoms with E-state index in [-0.39, 0.29) is 0 Å². The molecule has 2 rings (SSSR count). The molecule has 0 aliphatic rings. The number of rotatable bonds is 4. The summed E-state index contributed by atoms with van der Waals surface area (Å²) in [6, 6.07) is 13.5. The van der Waals surface area contributed by atoms with E-state index >= 15 is 0 Å². The van der Waals surface area contributed by atoms with Crippen molar-refractivity contribution in [2.75, 3.05) is 0 Å². The van der Waals surface area contributed by atoms with Crippen LogP contribution in [0.15, 0.2) is 42.5 Å². The van der Waals surface area contributed by atoms with E-state index in [1.807, 2.05) is 30.3 Å². The maximum atomic E-state index is 5.99. The highest BCUT2D eigenvalue weighted by atomic mass is 35.5. The van der Waals surface area contributed by atoms with Gasteiger partial charge in [-0.3, -0.25) is 0 Å². The van der Waals surface area contributed by atoms with Crippen molar-refractivity contribution in [2.24, 2.45) is 0 Å². The number of halogens is 2. The van der Waals surface area contributed by atoms with E-state index in [0.29, 0.717) is 10.9 Å². The zero-order chi connectivity index (χ0) is 13.0. The van der Waals surface area contributed by atoms with E-state index in [9.17, 15) is 0 Å². The smallest absolute Gasteiger partial charge is 0.133 e. The van der Waals surface area contributed by atoms with Crippen LogP contribution >= 0.6 is 23.2 Å². The van der Waals surface area contributed by atoms with Crippen LogP contribution in [-0.2, 0) is 12.3 Å². The molecule has 0 N–H and O–H groups in total. The van der Waals surface area contributed by atoms with Crippen LogP contribution in [0.2, 0.25) is 5.02 Å². The molecule has 2 aromatic rings. The minimum Gasteiger partial charge on any atom is -0.457 e. The lowest BCUT2D eigenvalue weighted by Gasteiger charge is -2.12. The van der Waals surface area contributed by atoms with Gasteiger partial charge < -0.3 is 4.74 Å². The predicted octanol–water partition coefficient (Wildman–Crippen LogP) is 5.43. The van der Waals surface area contributed by atoms with Gasteiger partial charge in [-0.1, -0.05) is 42.8 Å². The van der Waals surface area contributed by atoms with Gasteiger partial charge >= 0.3 is 0 Å². The number of para-hydroxylation sites is 1. The second-order valence-electron chi connectivity index (χ2n) is 3.95. The molecule has 0 heterocycles. The number of ether oxygens (including phenoxy) is 1. The highest BCUT2D eigenvalue weighted by Gasteiger charge is 2.07. The van der Waals surface area contributed by atoms with Crippen LogP contribution in [0.25, 0.3) is 0 Å². The van der Waals surface area contributed by atoms with E-state index in [1.54, 1.807) is 6.07 Å². The first kappa shape index (κ1) is 13.3. The van der Waals surface area contributed by atoms with Crippen molar-refractivity contribution in [3.63, 3.8) is 0 Å². The molecule has 94 valence electrons. The monoisotopic (exact) mass is 280 g/mol. The molecular formula is C15H14Cl2O. The first-order valence-electron chi connectivity index (χ1n) is 5.84. The zero-order valence-corrected chi connectivity index (χ0v) is 11.6. The number of hydrogen-bond acceptors (Lipinski definition) is 1. The van der Waals surface area contributed by atoms with Crippen molar-refractivity contribution < 1.29 is 4.74 Å². The van der Waals surface area contributed by atoms with Gasteiger partial charge in [0.1, 0.15) is 11.5 Å². The summed E-state index contributed by atoms with van der Waals surface area (Å²) in [6.45, 7) is 2.10. The van der Waals surface area contributed by atoms with Crippen molar-refractivity contribution in [2.45, 2.75) is 19.2 Å². The highest BCUT2D eigenvalue weighted by Crippen LogP contribution is 2.31. The van der Waals surface area contributed by atoms with Crippen LogP contribution in [0, 0.1) is 0 Å². The summed E-state index contributed by atoms with van der Waals surface area (Å²) < 4.78 is 5.93. The van der Waals surface area contributed by atoms with Crippen molar-refractivity contribution >= 4 is 23.2 Å². The molecule has 2 aromatic carbocycles. The van der Waals surface area contributed by atoms with Crippen molar-refractivity contribution in [3.05, 3.63) is 58.6 Å². The Hall–Kier alpha value is -1.18. The molecule has 0 saturated heterocycles. The maximum absolute atomic E-state index is 5.99. The van der Waals surface area contributed by atoms with E-state index in [1.165, 1.54) is 0 Å². The summed E-state index contributed by atoms with van der Waals surface area (Å²) >= 11 is 11.9. The second-order valence-corrected chi connectivity index (χ2v) is 4.65. The van der Waals surface area contributed by atoms with E-state index < -0.39 is 0 Å². The Labute approximate surface area is 117 Å². The molecule has 0 atom stereocenters. The lowest BCUT2D eigenvalue weighted by molar-refractivity contribution is 0.472. The lowest BCUT2D eigenvalue weighted by Crippen LogP contribution is -1.93. The van der Waals surface area contributed by atoms with Crippen molar-refractivity contribution in [1.82, 2.24) is 0 Å². The Bertz CT molecular complexity index is 538. The fourth-order valence-electron chi connectivity index (χ4n) is 1.75. The first-order valence-corrected chi connectivity index (χ1v) is 6.76. The van der Waals surface area contributed by atoms with Crippen LogP contribution in [-0.4, -0.2) is 0 Å². The predicted molar refractivity (Wildman–Crippen MR) is 76.9 cm³/mol. The number of benzene rings is 2. The number of aryl methyl sites for hydroxylation is 1. The topological polar surface area (TPSA) is 9.23 Å². The third kappa shape index (κ3) is 2.98. The molecule has 0 saturated carbocycles. The van der Waals surface area contributed by atoms with Gasteiger partial charge in [0.25, 0.3) is 0 Å². The van der Waals surface area contributed by atoms with Crippen LogP contribution < -0.4 is 4.74 Å². The standard InChI is InChI=1S/C15H14Cl2O/c1-2-11-5-3-4-6-14(11)18-15-9-13(17)8-7-12(15)10-16/h3-9H,2,10H2,1H3. The van der Waals surface area contributed by atoms with Gasteiger partial charge in [-0.25, -0.2) is 0 Å². The Morgan fingerprint density at radius 3 is 2.50 bits per heavy atom. The summed E-state index contributed by atoms with van der Waals surface area (Å²) in [5.74, 6) is 1.98. The number of alkyl halides is 1. The van der Waals surface area contributed by atoms with Gasteiger partial charge in [0.05, 0.1) is 5.88 Å². The minimum atomic E-state index is 0.404. The molecular weight excluding hydrogens is 267 g/mol. The van der Waals surface area contributed by atoms with Crippen molar-refractivity contribution in [3.8, 4) is 11.5 Å². The van der Waals surface area contributed by atoms with Crippen LogP contribution in [0.3, 0.4) is 0 Å². The fourth-order valence-corrected chi connectivity index (χ4v) is 2.13. The molecule has 0 aliphatic carbocycles. The number of hydrogen-bond donors (Lipinski definition) is 0. The Morgan fingerprint density at radius 2 is 1.78 bits per heavy atom. The summed E-state index contributed by atoms with van der Waals surface area (Å²) in [5, 5.41) is 0.646. The van der Waals surface area contributed by atoms with Crippen LogP contribution in [0.1, 0.15) is 18.1 Å². The third-order valence-electron chi connectivity index (χ3n) is 2.75. The van der Waals surface area contributed by atoms with E-state index in [4.69, 9.17) is 27.9 Å². The largest absolute Gasteiger partial charge is 0.457 e. The molecule has 0 radical (unpaired) electrons. The molecule has 0 fully saturated rings. The van der Waals surface area contributed by atoms with Crippen LogP contribution in [0.5, 0.6) is 11.5 Å². The summed E-state index contributed by atoms with van der Waals surface area (Å²) in [6.07, 6.45) is 0.924. The molecule has 0 unspecified atom stereocenters. The Morgan fingerprint density at radius 1 is 1.00 bits per heavy atom. The van der Waals surface area contributed by atoms with Gasteiger partial charge in [0.2, 0.25) is 0 Å². The summed E-state index contributed by atoms with van der Waals surface area (Å²) in [4.78, 5) is 0. The molecule has 0 spiro atoms. The minimum absolute atomic E-state index is 0.404. The van der Waals surface area contributed by atoms with Gasteiger partial charge in [0, 0.05) is 10.6 Å². The van der Waals surface area contributed by atoms with Gasteiger partial charge in [0.15, 0.2) is 0 Å². The van der Waals surface area contributed by atoms with Crippen molar-refractivity contribution in [1.29, 1.82) is 0 Å². The fraction of sp³-hybridized carbons (Fsp3) is 0.200. The SMILES string of the molecule is CCc1ccccc1Oc1cc(Cl)ccc1CCl. The highest BCUT2D eigenvalue weighted by molar-refractivity contribution is 6.30. The quantitative estimate of drug-likeness (QED) is 0.678. The molecule has 0 amide bonds. The first-order chi connectivity index (χ1) is 8.74. The average molecular weight is 281 g/mol. The molecule has 3 heteroatoms. The molecule has 1 nitrogen and oxygen atoms in total. The molecule has 0 aromatic heterocycles. The molecule has 18 heavy (non-hydrogen) atoms. The molecule has 0 bridgehead atoms. The van der Waals surface area contributed by atoms with Gasteiger partial charge in [-0.05, 0) is 30.2 Å². The van der Waals surface area contributed by atoms with Crippen LogP contribution in [0.4, 0.5) is 0 Å². The van der Waals surface area contributed by atoms with Gasteiger partial charge in [-0.15, -0.1) is 11.6 Å². The maximum Gasteiger partial charge on any atom is 0.133 e. The van der Waals surface area contributed by atoms with E-state index in [2.05, 4.69) is 13.0 Å². The average Bonchev–Trinajstić information content (AvgIpc) is 2.40. The lowest BCUT2D eigenvalue weighted by atomic mass is 10.1. The zero-order valence-electron chi connectivity index (χ0n) is 10.1.